The third-order valence-electron chi connectivity index (χ3n) is 6.30. The van der Waals surface area contributed by atoms with Crippen molar-refractivity contribution in [2.45, 2.75) is 20.0 Å². The second-order valence-electron chi connectivity index (χ2n) is 8.60. The summed E-state index contributed by atoms with van der Waals surface area (Å²) >= 11 is 0. The molecule has 10 nitrogen and oxygen atoms in total. The van der Waals surface area contributed by atoms with Gasteiger partial charge in [0.1, 0.15) is 11.8 Å². The smallest absolute Gasteiger partial charge is 0.307 e. The van der Waals surface area contributed by atoms with E-state index in [1.165, 1.54) is 4.57 Å². The molecule has 0 radical (unpaired) electrons. The fourth-order valence-electron chi connectivity index (χ4n) is 4.40. The lowest BCUT2D eigenvalue weighted by molar-refractivity contribution is 0.406. The zero-order valence-corrected chi connectivity index (χ0v) is 20.8. The summed E-state index contributed by atoms with van der Waals surface area (Å²) in [6.45, 7) is 5.11. The topological polar surface area (TPSA) is 125 Å². The molecule has 1 aliphatic rings. The lowest BCUT2D eigenvalue weighted by atomic mass is 10.1. The molecular formula is C28H24N8O2. The van der Waals surface area contributed by atoms with Gasteiger partial charge in [-0.2, -0.15) is 20.5 Å². The van der Waals surface area contributed by atoms with Crippen LogP contribution in [0.15, 0.2) is 53.3 Å². The monoisotopic (exact) mass is 504 g/mol. The minimum Gasteiger partial charge on any atom is -0.424 e. The number of nitrogens with zero attached hydrogens (tertiary/aromatic N) is 7. The average molecular weight is 505 g/mol. The molecule has 0 amide bonds. The van der Waals surface area contributed by atoms with Gasteiger partial charge in [-0.1, -0.05) is 36.3 Å². The van der Waals surface area contributed by atoms with E-state index in [-0.39, 0.29) is 36.1 Å². The summed E-state index contributed by atoms with van der Waals surface area (Å²) in [4.78, 5) is 25.7. The van der Waals surface area contributed by atoms with Crippen molar-refractivity contribution in [3.05, 3.63) is 75.6 Å². The summed E-state index contributed by atoms with van der Waals surface area (Å²) in [6, 6.07) is 18.1. The quantitative estimate of drug-likeness (QED) is 0.397. The number of benzene rings is 2. The fraction of sp³-hybridized carbons (Fsp3) is 0.250. The number of hydrogen-bond acceptors (Lipinski definition) is 8. The Morgan fingerprint density at radius 1 is 0.974 bits per heavy atom. The molecule has 2 aromatic carbocycles. The molecule has 0 spiro atoms. The van der Waals surface area contributed by atoms with Gasteiger partial charge in [0, 0.05) is 26.2 Å². The second-order valence-corrected chi connectivity index (χ2v) is 8.60. The molecule has 0 unspecified atom stereocenters. The largest absolute Gasteiger partial charge is 0.424 e. The predicted molar refractivity (Wildman–Crippen MR) is 142 cm³/mol. The molecule has 188 valence electrons. The molecule has 0 aliphatic carbocycles. The van der Waals surface area contributed by atoms with Crippen molar-refractivity contribution in [2.24, 2.45) is 0 Å². The normalized spacial score (nSPS) is 12.9. The van der Waals surface area contributed by atoms with Gasteiger partial charge in [0.15, 0.2) is 11.2 Å². The zero-order valence-electron chi connectivity index (χ0n) is 20.8. The van der Waals surface area contributed by atoms with Crippen molar-refractivity contribution >= 4 is 17.1 Å². The van der Waals surface area contributed by atoms with Gasteiger partial charge in [-0.3, -0.25) is 13.9 Å². The lowest BCUT2D eigenvalue weighted by Crippen LogP contribution is -2.44. The summed E-state index contributed by atoms with van der Waals surface area (Å²) in [5, 5.41) is 22.5. The van der Waals surface area contributed by atoms with Crippen molar-refractivity contribution in [1.82, 2.24) is 24.4 Å². The van der Waals surface area contributed by atoms with Crippen molar-refractivity contribution in [3.63, 3.8) is 0 Å². The Labute approximate surface area is 219 Å². The Balaban J connectivity index is 1.74. The summed E-state index contributed by atoms with van der Waals surface area (Å²) in [5.74, 6) is 6.83. The van der Waals surface area contributed by atoms with E-state index in [1.54, 1.807) is 54.0 Å². The number of aromatic nitrogens is 4. The highest BCUT2D eigenvalue weighted by molar-refractivity contribution is 5.75. The van der Waals surface area contributed by atoms with Crippen molar-refractivity contribution in [1.29, 1.82) is 10.5 Å². The Kier molecular flexibility index (Phi) is 7.04. The third kappa shape index (κ3) is 4.67. The first-order chi connectivity index (χ1) is 18.6. The number of ether oxygens (including phenoxy) is 1. The average Bonchev–Trinajstić information content (AvgIpc) is 3.33. The van der Waals surface area contributed by atoms with E-state index < -0.39 is 0 Å². The molecule has 3 heterocycles. The number of nitriles is 2. The predicted octanol–water partition coefficient (Wildman–Crippen LogP) is 2.61. The maximum atomic E-state index is 14.1. The highest BCUT2D eigenvalue weighted by Gasteiger charge is 2.25. The molecule has 0 atom stereocenters. The molecule has 5 rings (SSSR count). The van der Waals surface area contributed by atoms with Gasteiger partial charge < -0.3 is 15.0 Å². The number of piperazine rings is 1. The number of imidazole rings is 1. The zero-order chi connectivity index (χ0) is 26.5. The van der Waals surface area contributed by atoms with Gasteiger partial charge in [0.05, 0.1) is 30.3 Å². The Bertz CT molecular complexity index is 1710. The van der Waals surface area contributed by atoms with Gasteiger partial charge in [-0.25, -0.2) is 0 Å². The molecule has 38 heavy (non-hydrogen) atoms. The van der Waals surface area contributed by atoms with Crippen LogP contribution in [0.25, 0.3) is 11.2 Å². The van der Waals surface area contributed by atoms with Gasteiger partial charge in [0.2, 0.25) is 5.95 Å². The second kappa shape index (κ2) is 10.9. The number of anilines is 1. The number of hydrogen-bond donors (Lipinski definition) is 1. The molecule has 1 N–H and O–H groups in total. The van der Waals surface area contributed by atoms with Crippen LogP contribution in [0, 0.1) is 34.5 Å². The van der Waals surface area contributed by atoms with Crippen LogP contribution in [0.4, 0.5) is 5.95 Å². The SMILES string of the molecule is CC#CCn1c(N2CCNCC2)nc2nc(Oc3ccccc3C#N)n(Cc3ccccc3C#N)c(=O)c21. The van der Waals surface area contributed by atoms with Crippen LogP contribution in [0.3, 0.4) is 0 Å². The van der Waals surface area contributed by atoms with Crippen LogP contribution >= 0.6 is 0 Å². The molecule has 1 aliphatic heterocycles. The van der Waals surface area contributed by atoms with Gasteiger partial charge in [-0.15, -0.1) is 5.92 Å². The fourth-order valence-corrected chi connectivity index (χ4v) is 4.40. The van der Waals surface area contributed by atoms with E-state index in [0.29, 0.717) is 28.2 Å². The summed E-state index contributed by atoms with van der Waals surface area (Å²) in [5.41, 5.74) is 1.54. The highest BCUT2D eigenvalue weighted by Crippen LogP contribution is 2.27. The Morgan fingerprint density at radius 3 is 2.42 bits per heavy atom. The third-order valence-corrected chi connectivity index (χ3v) is 6.30. The molecule has 1 fully saturated rings. The van der Waals surface area contributed by atoms with Gasteiger partial charge in [-0.05, 0) is 30.7 Å². The van der Waals surface area contributed by atoms with Crippen LogP contribution in [0.1, 0.15) is 23.6 Å². The first-order valence-electron chi connectivity index (χ1n) is 12.2. The van der Waals surface area contributed by atoms with Gasteiger partial charge >= 0.3 is 6.01 Å². The van der Waals surface area contributed by atoms with Crippen LogP contribution in [0.5, 0.6) is 11.8 Å². The van der Waals surface area contributed by atoms with E-state index >= 15 is 0 Å². The number of fused-ring (bicyclic) bond motifs is 1. The summed E-state index contributed by atoms with van der Waals surface area (Å²) in [7, 11) is 0. The molecule has 0 saturated carbocycles. The number of rotatable bonds is 6. The number of para-hydroxylation sites is 1. The van der Waals surface area contributed by atoms with Crippen LogP contribution in [-0.4, -0.2) is 45.3 Å². The molecule has 2 aromatic heterocycles. The molecular weight excluding hydrogens is 480 g/mol. The minimum atomic E-state index is -0.376. The molecule has 10 heteroatoms. The molecule has 1 saturated heterocycles. The Morgan fingerprint density at radius 2 is 1.68 bits per heavy atom. The van der Waals surface area contributed by atoms with Crippen molar-refractivity contribution in [2.75, 3.05) is 31.1 Å². The summed E-state index contributed by atoms with van der Waals surface area (Å²) in [6.07, 6.45) is 0. The minimum absolute atomic E-state index is 0.0176. The van der Waals surface area contributed by atoms with Crippen LogP contribution < -0.4 is 20.5 Å². The standard InChI is InChI=1S/C28H24N8O2/c1-2-3-14-35-24-25(32-27(35)34-15-12-31-13-16-34)33-28(38-23-11-7-6-9-21(23)18-30)36(26(24)37)19-22-10-5-4-8-20(22)17-29/h4-11,31H,12-16,19H2,1H3. The van der Waals surface area contributed by atoms with E-state index in [0.717, 1.165) is 26.2 Å². The first kappa shape index (κ1) is 24.6. The van der Waals surface area contributed by atoms with E-state index in [4.69, 9.17) is 9.72 Å². The Hall–Kier alpha value is -5.11. The maximum Gasteiger partial charge on any atom is 0.307 e. The first-order valence-corrected chi connectivity index (χ1v) is 12.2. The highest BCUT2D eigenvalue weighted by atomic mass is 16.5. The van der Waals surface area contributed by atoms with Crippen molar-refractivity contribution < 1.29 is 4.74 Å². The molecule has 0 bridgehead atoms. The summed E-state index contributed by atoms with van der Waals surface area (Å²) < 4.78 is 9.27. The van der Waals surface area contributed by atoms with Crippen LogP contribution in [-0.2, 0) is 13.1 Å². The van der Waals surface area contributed by atoms with E-state index in [2.05, 4.69) is 39.2 Å². The lowest BCUT2D eigenvalue weighted by Gasteiger charge is -2.28. The van der Waals surface area contributed by atoms with E-state index in [9.17, 15) is 15.3 Å². The molecule has 4 aromatic rings. The van der Waals surface area contributed by atoms with Crippen LogP contribution in [0.2, 0.25) is 0 Å². The maximum absolute atomic E-state index is 14.1. The van der Waals surface area contributed by atoms with Crippen molar-refractivity contribution in [3.8, 4) is 35.7 Å². The van der Waals surface area contributed by atoms with E-state index in [1.807, 2.05) is 6.07 Å². The van der Waals surface area contributed by atoms with Gasteiger partial charge in [0.25, 0.3) is 5.56 Å². The number of nitrogens with one attached hydrogen (secondary N) is 1.